The van der Waals surface area contributed by atoms with Crippen molar-refractivity contribution >= 4 is 0 Å². The largest absolute Gasteiger partial charge is 0.389 e. The van der Waals surface area contributed by atoms with E-state index in [-0.39, 0.29) is 11.7 Å². The first-order chi connectivity index (χ1) is 6.55. The van der Waals surface area contributed by atoms with Gasteiger partial charge in [0.1, 0.15) is 5.60 Å². The summed E-state index contributed by atoms with van der Waals surface area (Å²) < 4.78 is 5.64. The van der Waals surface area contributed by atoms with Crippen molar-refractivity contribution in [2.24, 2.45) is 17.3 Å². The number of methoxy groups -OCH3 is 1. The summed E-state index contributed by atoms with van der Waals surface area (Å²) in [7, 11) is 1.74. The summed E-state index contributed by atoms with van der Waals surface area (Å²) in [6.45, 7) is 6.46. The highest BCUT2D eigenvalue weighted by Crippen LogP contribution is 2.70. The predicted octanol–water partition coefficient (Wildman–Crippen LogP) is 1.74. The van der Waals surface area contributed by atoms with Crippen LogP contribution in [0.3, 0.4) is 0 Å². The van der Waals surface area contributed by atoms with Crippen LogP contribution < -0.4 is 0 Å². The molecule has 0 aliphatic heterocycles. The summed E-state index contributed by atoms with van der Waals surface area (Å²) in [6, 6.07) is 0. The van der Waals surface area contributed by atoms with E-state index in [9.17, 15) is 5.11 Å². The zero-order chi connectivity index (χ0) is 10.1. The Labute approximate surface area is 85.0 Å². The summed E-state index contributed by atoms with van der Waals surface area (Å²) in [5, 5.41) is 10.3. The van der Waals surface area contributed by atoms with E-state index in [0.29, 0.717) is 17.3 Å². The van der Waals surface area contributed by atoms with Crippen LogP contribution in [-0.4, -0.2) is 23.9 Å². The van der Waals surface area contributed by atoms with Crippen molar-refractivity contribution in [3.63, 3.8) is 0 Å². The topological polar surface area (TPSA) is 29.5 Å². The van der Waals surface area contributed by atoms with E-state index in [4.69, 9.17) is 4.74 Å². The Balaban J connectivity index is 2.13. The molecule has 4 bridgehead atoms. The van der Waals surface area contributed by atoms with Gasteiger partial charge in [-0.2, -0.15) is 0 Å². The molecule has 2 heteroatoms. The summed E-state index contributed by atoms with van der Waals surface area (Å²) in [6.07, 6.45) is 3.04. The summed E-state index contributed by atoms with van der Waals surface area (Å²) in [4.78, 5) is 0. The third-order valence-corrected chi connectivity index (χ3v) is 5.14. The van der Waals surface area contributed by atoms with Gasteiger partial charge in [0.25, 0.3) is 0 Å². The number of aliphatic hydroxyl groups excluding tert-OH is 1. The van der Waals surface area contributed by atoms with Gasteiger partial charge in [0.2, 0.25) is 0 Å². The van der Waals surface area contributed by atoms with Gasteiger partial charge in [-0.25, -0.2) is 0 Å². The highest BCUT2D eigenvalue weighted by atomic mass is 16.5. The van der Waals surface area contributed by atoms with E-state index in [1.54, 1.807) is 7.11 Å². The van der Waals surface area contributed by atoms with Crippen LogP contribution in [0, 0.1) is 17.3 Å². The van der Waals surface area contributed by atoms with Crippen molar-refractivity contribution in [1.82, 2.24) is 0 Å². The van der Waals surface area contributed by atoms with Crippen LogP contribution in [0.15, 0.2) is 12.2 Å². The molecule has 4 saturated carbocycles. The second-order valence-corrected chi connectivity index (χ2v) is 5.57. The van der Waals surface area contributed by atoms with Crippen LogP contribution in [0.2, 0.25) is 0 Å². The molecular formula is C12H18O2. The van der Waals surface area contributed by atoms with Gasteiger partial charge in [-0.3, -0.25) is 0 Å². The fourth-order valence-electron chi connectivity index (χ4n) is 4.37. The van der Waals surface area contributed by atoms with E-state index in [1.165, 1.54) is 18.4 Å². The van der Waals surface area contributed by atoms with E-state index in [2.05, 4.69) is 13.5 Å². The van der Waals surface area contributed by atoms with E-state index in [1.807, 2.05) is 0 Å². The standard InChI is InChI=1S/C12H18O2/c1-7-8-6-11(2)4-5-12(8,14-3)10(13)9(7)11/h8-10,13H,1,4-6H2,2-3H3. The van der Waals surface area contributed by atoms with Crippen molar-refractivity contribution in [1.29, 1.82) is 0 Å². The molecule has 4 aliphatic carbocycles. The molecule has 14 heavy (non-hydrogen) atoms. The lowest BCUT2D eigenvalue weighted by Crippen LogP contribution is -2.58. The Morgan fingerprint density at radius 3 is 2.79 bits per heavy atom. The van der Waals surface area contributed by atoms with Crippen LogP contribution in [0.4, 0.5) is 0 Å². The molecule has 4 aliphatic rings. The highest BCUT2D eigenvalue weighted by molar-refractivity contribution is 5.36. The molecule has 0 aromatic carbocycles. The number of hydrogen-bond acceptors (Lipinski definition) is 2. The van der Waals surface area contributed by atoms with Crippen LogP contribution in [0.5, 0.6) is 0 Å². The second kappa shape index (κ2) is 2.25. The third kappa shape index (κ3) is 0.664. The van der Waals surface area contributed by atoms with Crippen molar-refractivity contribution in [2.75, 3.05) is 7.11 Å². The maximum absolute atomic E-state index is 10.3. The zero-order valence-electron chi connectivity index (χ0n) is 8.92. The summed E-state index contributed by atoms with van der Waals surface area (Å²) in [5.41, 5.74) is 1.28. The quantitative estimate of drug-likeness (QED) is 0.644. The molecule has 2 nitrogen and oxygen atoms in total. The monoisotopic (exact) mass is 194 g/mol. The first-order valence-electron chi connectivity index (χ1n) is 5.47. The molecule has 0 spiro atoms. The van der Waals surface area contributed by atoms with Gasteiger partial charge in [-0.05, 0) is 24.7 Å². The lowest BCUT2D eigenvalue weighted by Gasteiger charge is -2.53. The van der Waals surface area contributed by atoms with Crippen molar-refractivity contribution in [3.05, 3.63) is 12.2 Å². The van der Waals surface area contributed by atoms with Crippen LogP contribution in [0.25, 0.3) is 0 Å². The molecule has 4 rings (SSSR count). The Bertz CT molecular complexity index is 311. The van der Waals surface area contributed by atoms with Gasteiger partial charge in [0.05, 0.1) is 6.10 Å². The van der Waals surface area contributed by atoms with Crippen LogP contribution in [-0.2, 0) is 4.74 Å². The van der Waals surface area contributed by atoms with Crippen molar-refractivity contribution in [3.8, 4) is 0 Å². The number of aliphatic hydroxyl groups is 1. The fraction of sp³-hybridized carbons (Fsp3) is 0.833. The average Bonchev–Trinajstić information content (AvgIpc) is 2.49. The second-order valence-electron chi connectivity index (χ2n) is 5.57. The van der Waals surface area contributed by atoms with Crippen molar-refractivity contribution < 1.29 is 9.84 Å². The molecule has 0 aromatic heterocycles. The van der Waals surface area contributed by atoms with Crippen LogP contribution >= 0.6 is 0 Å². The molecule has 4 fully saturated rings. The number of hydrogen-bond donors (Lipinski definition) is 1. The molecule has 5 atom stereocenters. The maximum atomic E-state index is 10.3. The van der Waals surface area contributed by atoms with Gasteiger partial charge in [-0.1, -0.05) is 19.1 Å². The molecular weight excluding hydrogens is 176 g/mol. The molecule has 0 aromatic rings. The lowest BCUT2D eigenvalue weighted by molar-refractivity contribution is -0.193. The molecule has 0 amide bonds. The first-order valence-corrected chi connectivity index (χ1v) is 5.47. The third-order valence-electron chi connectivity index (χ3n) is 5.14. The van der Waals surface area contributed by atoms with Crippen molar-refractivity contribution in [2.45, 2.75) is 37.9 Å². The SMILES string of the molecule is C=C1C2C(O)C3(OC)CCC2(C)CC13. The maximum Gasteiger partial charge on any atom is 0.101 e. The van der Waals surface area contributed by atoms with Gasteiger partial charge < -0.3 is 9.84 Å². The minimum Gasteiger partial charge on any atom is -0.389 e. The minimum atomic E-state index is -0.308. The molecule has 78 valence electrons. The smallest absolute Gasteiger partial charge is 0.101 e. The molecule has 0 saturated heterocycles. The number of rotatable bonds is 1. The molecule has 0 heterocycles. The number of ether oxygens (including phenoxy) is 1. The predicted molar refractivity (Wildman–Crippen MR) is 53.8 cm³/mol. The van der Waals surface area contributed by atoms with E-state index < -0.39 is 0 Å². The summed E-state index contributed by atoms with van der Waals surface area (Å²) in [5.74, 6) is 0.701. The van der Waals surface area contributed by atoms with Gasteiger partial charge in [0, 0.05) is 18.9 Å². The summed E-state index contributed by atoms with van der Waals surface area (Å²) >= 11 is 0. The fourth-order valence-corrected chi connectivity index (χ4v) is 4.37. The average molecular weight is 194 g/mol. The highest BCUT2D eigenvalue weighted by Gasteiger charge is 2.71. The number of fused-ring (bicyclic) bond motifs is 1. The Hall–Kier alpha value is -0.340. The van der Waals surface area contributed by atoms with Gasteiger partial charge in [0.15, 0.2) is 0 Å². The molecule has 0 radical (unpaired) electrons. The Kier molecular flexibility index (Phi) is 1.43. The minimum absolute atomic E-state index is 0.278. The van der Waals surface area contributed by atoms with Gasteiger partial charge >= 0.3 is 0 Å². The van der Waals surface area contributed by atoms with Crippen LogP contribution in [0.1, 0.15) is 26.2 Å². The zero-order valence-corrected chi connectivity index (χ0v) is 8.92. The normalized spacial score (nSPS) is 59.9. The van der Waals surface area contributed by atoms with Gasteiger partial charge in [-0.15, -0.1) is 0 Å². The Morgan fingerprint density at radius 2 is 2.21 bits per heavy atom. The van der Waals surface area contributed by atoms with E-state index >= 15 is 0 Å². The molecule has 5 unspecified atom stereocenters. The lowest BCUT2D eigenvalue weighted by atomic mass is 9.58. The Morgan fingerprint density at radius 1 is 1.50 bits per heavy atom. The van der Waals surface area contributed by atoms with E-state index in [0.717, 1.165) is 6.42 Å². The molecule has 1 N–H and O–H groups in total. The first kappa shape index (κ1) is 8.93.